The van der Waals surface area contributed by atoms with E-state index in [1.165, 1.54) is 23.1 Å². The van der Waals surface area contributed by atoms with Gasteiger partial charge in [-0.05, 0) is 6.07 Å². The fourth-order valence-electron chi connectivity index (χ4n) is 1.65. The van der Waals surface area contributed by atoms with E-state index in [2.05, 4.69) is 15.2 Å². The summed E-state index contributed by atoms with van der Waals surface area (Å²) in [5.41, 5.74) is 2.10. The maximum absolute atomic E-state index is 12.3. The summed E-state index contributed by atoms with van der Waals surface area (Å²) < 4.78 is 28.3. The molecule has 0 atom stereocenters. The number of benzene rings is 1. The highest BCUT2D eigenvalue weighted by Gasteiger charge is 2.22. The number of aromatic nitrogens is 2. The number of nitrogens with two attached hydrogens (primary N) is 1. The molecule has 0 saturated heterocycles. The third-order valence-corrected chi connectivity index (χ3v) is 4.00. The predicted octanol–water partition coefficient (Wildman–Crippen LogP) is 0.415. The molecule has 0 amide bonds. The summed E-state index contributed by atoms with van der Waals surface area (Å²) in [7, 11) is -2.43. The van der Waals surface area contributed by atoms with Gasteiger partial charge < -0.3 is 5.43 Å². The van der Waals surface area contributed by atoms with Gasteiger partial charge in [-0.15, -0.1) is 0 Å². The molecule has 0 saturated carbocycles. The fourth-order valence-corrected chi connectivity index (χ4v) is 2.87. The van der Waals surface area contributed by atoms with Gasteiger partial charge in [-0.25, -0.2) is 8.42 Å². The van der Waals surface area contributed by atoms with Crippen LogP contribution in [0.4, 0.5) is 17.1 Å². The number of hydrazine groups is 1. The Morgan fingerprint density at radius 3 is 2.67 bits per heavy atom. The van der Waals surface area contributed by atoms with Gasteiger partial charge in [-0.1, -0.05) is 0 Å². The summed E-state index contributed by atoms with van der Waals surface area (Å²) >= 11 is 0. The van der Waals surface area contributed by atoms with Gasteiger partial charge in [0.25, 0.3) is 15.7 Å². The third kappa shape index (κ3) is 3.09. The monoisotopic (exact) mass is 312 g/mol. The number of hydrogen-bond acceptors (Lipinski definition) is 7. The molecule has 0 radical (unpaired) electrons. The summed E-state index contributed by atoms with van der Waals surface area (Å²) in [4.78, 5) is 9.75. The van der Waals surface area contributed by atoms with E-state index in [-0.39, 0.29) is 22.0 Å². The molecule has 1 aromatic carbocycles. The van der Waals surface area contributed by atoms with Crippen LogP contribution in [0, 0.1) is 10.1 Å². The lowest BCUT2D eigenvalue weighted by molar-refractivity contribution is -0.385. The molecule has 2 rings (SSSR count). The zero-order valence-electron chi connectivity index (χ0n) is 10.8. The number of nitrogens with one attached hydrogen (secondary N) is 2. The molecule has 112 valence electrons. The van der Waals surface area contributed by atoms with Gasteiger partial charge >= 0.3 is 0 Å². The highest BCUT2D eigenvalue weighted by Crippen LogP contribution is 2.27. The first kappa shape index (κ1) is 14.7. The molecule has 2 aromatic rings. The molecule has 0 fully saturated rings. The number of nitro benzene ring substituents is 1. The Kier molecular flexibility index (Phi) is 3.78. The second-order valence-electron chi connectivity index (χ2n) is 4.09. The van der Waals surface area contributed by atoms with Gasteiger partial charge in [-0.2, -0.15) is 5.10 Å². The maximum atomic E-state index is 12.3. The quantitative estimate of drug-likeness (QED) is 0.412. The van der Waals surface area contributed by atoms with Gasteiger partial charge in [0.15, 0.2) is 0 Å². The van der Waals surface area contributed by atoms with Crippen LogP contribution in [-0.4, -0.2) is 23.1 Å². The number of nitrogen functional groups attached to an aromatic ring is 1. The van der Waals surface area contributed by atoms with Gasteiger partial charge in [0.05, 0.1) is 22.5 Å². The highest BCUT2D eigenvalue weighted by atomic mass is 32.2. The Hall–Kier alpha value is -2.66. The number of aryl methyl sites for hydroxylation is 1. The zero-order valence-corrected chi connectivity index (χ0v) is 11.7. The van der Waals surface area contributed by atoms with Crippen LogP contribution in [-0.2, 0) is 17.1 Å². The molecule has 0 aliphatic heterocycles. The van der Waals surface area contributed by atoms with Gasteiger partial charge in [0.1, 0.15) is 4.90 Å². The van der Waals surface area contributed by atoms with Gasteiger partial charge in [-0.3, -0.25) is 25.4 Å². The lowest BCUT2D eigenvalue weighted by atomic mass is 10.3. The van der Waals surface area contributed by atoms with E-state index in [0.29, 0.717) is 0 Å². The van der Waals surface area contributed by atoms with Crippen LogP contribution < -0.4 is 16.0 Å². The van der Waals surface area contributed by atoms with E-state index in [0.717, 1.165) is 12.1 Å². The van der Waals surface area contributed by atoms with E-state index in [1.807, 2.05) is 0 Å². The van der Waals surface area contributed by atoms with E-state index < -0.39 is 14.9 Å². The fraction of sp³-hybridized carbons (Fsp3) is 0.100. The minimum Gasteiger partial charge on any atom is -0.323 e. The van der Waals surface area contributed by atoms with Gasteiger partial charge in [0.2, 0.25) is 0 Å². The molecule has 10 nitrogen and oxygen atoms in total. The highest BCUT2D eigenvalue weighted by molar-refractivity contribution is 7.92. The third-order valence-electron chi connectivity index (χ3n) is 2.58. The number of sulfonamides is 1. The largest absolute Gasteiger partial charge is 0.323 e. The van der Waals surface area contributed by atoms with Crippen molar-refractivity contribution >= 4 is 27.1 Å². The Bertz CT molecular complexity index is 785. The van der Waals surface area contributed by atoms with Gasteiger partial charge in [0, 0.05) is 25.4 Å². The summed E-state index contributed by atoms with van der Waals surface area (Å²) in [6, 6.07) is 3.29. The molecule has 0 bridgehead atoms. The van der Waals surface area contributed by atoms with Crippen molar-refractivity contribution in [3.05, 3.63) is 40.7 Å². The lowest BCUT2D eigenvalue weighted by Gasteiger charge is -2.10. The van der Waals surface area contributed by atoms with Crippen LogP contribution >= 0.6 is 0 Å². The summed E-state index contributed by atoms with van der Waals surface area (Å²) in [6.07, 6.45) is 2.76. The SMILES string of the molecule is Cn1cc(NS(=O)(=O)c2cc([N+](=O)[O-])ccc2NN)cn1. The van der Waals surface area contributed by atoms with Crippen LogP contribution in [0.15, 0.2) is 35.5 Å². The predicted molar refractivity (Wildman–Crippen MR) is 74.9 cm³/mol. The number of nitrogens with zero attached hydrogens (tertiary/aromatic N) is 3. The minimum atomic E-state index is -4.05. The molecule has 0 spiro atoms. The zero-order chi connectivity index (χ0) is 15.6. The molecule has 0 aliphatic carbocycles. The number of nitro groups is 1. The summed E-state index contributed by atoms with van der Waals surface area (Å²) in [5.74, 6) is 5.24. The second-order valence-corrected chi connectivity index (χ2v) is 5.74. The van der Waals surface area contributed by atoms with Crippen molar-refractivity contribution in [3.63, 3.8) is 0 Å². The summed E-state index contributed by atoms with van der Waals surface area (Å²) in [5, 5.41) is 14.6. The molecular weight excluding hydrogens is 300 g/mol. The molecule has 21 heavy (non-hydrogen) atoms. The molecule has 4 N–H and O–H groups in total. The Morgan fingerprint density at radius 1 is 1.43 bits per heavy atom. The Balaban J connectivity index is 2.47. The van der Waals surface area contributed by atoms with Crippen molar-refractivity contribution in [1.29, 1.82) is 0 Å². The number of rotatable bonds is 5. The van der Waals surface area contributed by atoms with Crippen LogP contribution in [0.25, 0.3) is 0 Å². The minimum absolute atomic E-state index is 0.0389. The van der Waals surface area contributed by atoms with Crippen molar-refractivity contribution in [2.75, 3.05) is 10.1 Å². The smallest absolute Gasteiger partial charge is 0.270 e. The maximum Gasteiger partial charge on any atom is 0.270 e. The number of hydrogen-bond donors (Lipinski definition) is 3. The van der Waals surface area contributed by atoms with Crippen LogP contribution in [0.1, 0.15) is 0 Å². The normalized spacial score (nSPS) is 11.1. The average Bonchev–Trinajstić information content (AvgIpc) is 2.82. The van der Waals surface area contributed by atoms with Crippen LogP contribution in [0.3, 0.4) is 0 Å². The van der Waals surface area contributed by atoms with Crippen LogP contribution in [0.2, 0.25) is 0 Å². The summed E-state index contributed by atoms with van der Waals surface area (Å²) in [6.45, 7) is 0. The van der Waals surface area contributed by atoms with Crippen molar-refractivity contribution in [3.8, 4) is 0 Å². The lowest BCUT2D eigenvalue weighted by Crippen LogP contribution is -2.17. The Morgan fingerprint density at radius 2 is 2.14 bits per heavy atom. The molecule has 11 heteroatoms. The van der Waals surface area contributed by atoms with Crippen molar-refractivity contribution in [2.24, 2.45) is 12.9 Å². The average molecular weight is 312 g/mol. The van der Waals surface area contributed by atoms with Crippen molar-refractivity contribution in [1.82, 2.24) is 9.78 Å². The molecule has 1 aromatic heterocycles. The second kappa shape index (κ2) is 5.38. The molecular formula is C10H12N6O4S. The molecule has 1 heterocycles. The number of anilines is 2. The van der Waals surface area contributed by atoms with Crippen molar-refractivity contribution < 1.29 is 13.3 Å². The van der Waals surface area contributed by atoms with E-state index in [4.69, 9.17) is 5.84 Å². The Labute approximate surface area is 119 Å². The first-order valence-electron chi connectivity index (χ1n) is 5.60. The molecule has 0 unspecified atom stereocenters. The van der Waals surface area contributed by atoms with Crippen molar-refractivity contribution in [2.45, 2.75) is 4.90 Å². The van der Waals surface area contributed by atoms with E-state index >= 15 is 0 Å². The first-order chi connectivity index (χ1) is 9.83. The van der Waals surface area contributed by atoms with E-state index in [9.17, 15) is 18.5 Å². The molecule has 0 aliphatic rings. The standard InChI is InChI=1S/C10H12N6O4S/c1-15-6-7(5-12-15)14-21(19,20)10-4-8(16(17)18)2-3-9(10)13-11/h2-6,13-14H,11H2,1H3. The van der Waals surface area contributed by atoms with E-state index in [1.54, 1.807) is 7.05 Å². The first-order valence-corrected chi connectivity index (χ1v) is 7.08. The topological polar surface area (TPSA) is 145 Å². The number of non-ortho nitro benzene ring substituents is 1. The van der Waals surface area contributed by atoms with Crippen LogP contribution in [0.5, 0.6) is 0 Å².